The molecule has 0 radical (unpaired) electrons. The van der Waals surface area contributed by atoms with Gasteiger partial charge in [0.25, 0.3) is 5.91 Å². The lowest BCUT2D eigenvalue weighted by Gasteiger charge is -2.18. The first-order valence-electron chi connectivity index (χ1n) is 6.69. The minimum Gasteiger partial charge on any atom is -0.548 e. The fourth-order valence-corrected chi connectivity index (χ4v) is 3.08. The molecule has 120 valence electrons. The number of nitrogens with zero attached hydrogens (tertiary/aromatic N) is 1. The highest BCUT2D eigenvalue weighted by molar-refractivity contribution is 8.26. The zero-order chi connectivity index (χ0) is 17.0. The number of nitrogens with one attached hydrogen (secondary N) is 1. The lowest BCUT2D eigenvalue weighted by Crippen LogP contribution is -2.49. The molecule has 1 atom stereocenters. The van der Waals surface area contributed by atoms with Gasteiger partial charge in [-0.1, -0.05) is 54.3 Å². The van der Waals surface area contributed by atoms with E-state index in [2.05, 4.69) is 5.32 Å². The summed E-state index contributed by atoms with van der Waals surface area (Å²) in [6, 6.07) is 8.12. The Kier molecular flexibility index (Phi) is 5.51. The fraction of sp³-hybridized carbons (Fsp3) is 0.200. The van der Waals surface area contributed by atoms with Crippen LogP contribution in [0.3, 0.4) is 0 Å². The van der Waals surface area contributed by atoms with E-state index in [1.807, 2.05) is 30.3 Å². The van der Waals surface area contributed by atoms with E-state index in [9.17, 15) is 19.5 Å². The van der Waals surface area contributed by atoms with Crippen LogP contribution in [0.5, 0.6) is 0 Å². The summed E-state index contributed by atoms with van der Waals surface area (Å²) in [6.45, 7) is 0.960. The van der Waals surface area contributed by atoms with Crippen molar-refractivity contribution in [3.05, 3.63) is 40.8 Å². The number of aliphatic carboxylic acids is 1. The zero-order valence-electron chi connectivity index (χ0n) is 12.1. The third-order valence-electron chi connectivity index (χ3n) is 3.00. The summed E-state index contributed by atoms with van der Waals surface area (Å²) >= 11 is 6.22. The molecule has 0 saturated carbocycles. The molecular weight excluding hydrogens is 336 g/mol. The number of carbonyl (C=O) groups is 3. The maximum atomic E-state index is 12.3. The van der Waals surface area contributed by atoms with Gasteiger partial charge in [0.15, 0.2) is 0 Å². The topological polar surface area (TPSA) is 89.5 Å². The molecule has 1 aromatic rings. The van der Waals surface area contributed by atoms with Crippen molar-refractivity contribution in [1.29, 1.82) is 0 Å². The zero-order valence-corrected chi connectivity index (χ0v) is 13.8. The molecule has 6 nitrogen and oxygen atoms in total. The van der Waals surface area contributed by atoms with Crippen LogP contribution in [0.15, 0.2) is 35.2 Å². The molecular formula is C15H13N2O4S2-. The monoisotopic (exact) mass is 349 g/mol. The first-order chi connectivity index (χ1) is 10.9. The summed E-state index contributed by atoms with van der Waals surface area (Å²) < 4.78 is 0.258. The Morgan fingerprint density at radius 3 is 2.65 bits per heavy atom. The summed E-state index contributed by atoms with van der Waals surface area (Å²) in [5.41, 5.74) is 0.850. The SMILES string of the molecule is C[C@H](NC(=O)CN1C(=O)/C(=C/c2ccccc2)SC1=S)C(=O)[O-]. The molecule has 2 amide bonds. The molecule has 0 aliphatic carbocycles. The number of thioether (sulfide) groups is 1. The lowest BCUT2D eigenvalue weighted by molar-refractivity contribution is -0.307. The second kappa shape index (κ2) is 7.38. The van der Waals surface area contributed by atoms with Crippen molar-refractivity contribution in [3.63, 3.8) is 0 Å². The van der Waals surface area contributed by atoms with Gasteiger partial charge in [0.1, 0.15) is 10.9 Å². The van der Waals surface area contributed by atoms with Gasteiger partial charge in [-0.2, -0.15) is 0 Å². The molecule has 2 rings (SSSR count). The van der Waals surface area contributed by atoms with Crippen molar-refractivity contribution in [2.24, 2.45) is 0 Å². The Balaban J connectivity index is 2.06. The van der Waals surface area contributed by atoms with Gasteiger partial charge in [-0.3, -0.25) is 14.5 Å². The van der Waals surface area contributed by atoms with Crippen LogP contribution in [0, 0.1) is 0 Å². The van der Waals surface area contributed by atoms with Gasteiger partial charge >= 0.3 is 0 Å². The largest absolute Gasteiger partial charge is 0.548 e. The van der Waals surface area contributed by atoms with Gasteiger partial charge < -0.3 is 15.2 Å². The number of hydrogen-bond acceptors (Lipinski definition) is 6. The Morgan fingerprint density at radius 2 is 2.04 bits per heavy atom. The maximum absolute atomic E-state index is 12.3. The average Bonchev–Trinajstić information content (AvgIpc) is 2.75. The van der Waals surface area contributed by atoms with Gasteiger partial charge in [-0.05, 0) is 18.6 Å². The summed E-state index contributed by atoms with van der Waals surface area (Å²) in [7, 11) is 0. The molecule has 0 spiro atoms. The molecule has 1 aromatic carbocycles. The van der Waals surface area contributed by atoms with E-state index >= 15 is 0 Å². The number of carbonyl (C=O) groups excluding carboxylic acids is 3. The molecule has 1 aliphatic heterocycles. The van der Waals surface area contributed by atoms with Crippen molar-refractivity contribution in [2.45, 2.75) is 13.0 Å². The molecule has 1 N–H and O–H groups in total. The maximum Gasteiger partial charge on any atom is 0.266 e. The average molecular weight is 349 g/mol. The summed E-state index contributed by atoms with van der Waals surface area (Å²) in [4.78, 5) is 36.3. The van der Waals surface area contributed by atoms with E-state index in [1.165, 1.54) is 6.92 Å². The Morgan fingerprint density at radius 1 is 1.39 bits per heavy atom. The van der Waals surface area contributed by atoms with Gasteiger partial charge in [0, 0.05) is 0 Å². The molecule has 1 aliphatic rings. The Labute approximate surface area is 142 Å². The van der Waals surface area contributed by atoms with Crippen LogP contribution in [-0.2, 0) is 14.4 Å². The third kappa shape index (κ3) is 4.40. The van der Waals surface area contributed by atoms with E-state index in [4.69, 9.17) is 12.2 Å². The van der Waals surface area contributed by atoms with E-state index in [1.54, 1.807) is 6.08 Å². The lowest BCUT2D eigenvalue weighted by atomic mass is 10.2. The third-order valence-corrected chi connectivity index (χ3v) is 4.38. The quantitative estimate of drug-likeness (QED) is 0.601. The van der Waals surface area contributed by atoms with Gasteiger partial charge in [-0.25, -0.2) is 0 Å². The molecule has 0 unspecified atom stereocenters. The Bertz CT molecular complexity index is 688. The number of rotatable bonds is 5. The van der Waals surface area contributed by atoms with Crippen LogP contribution in [0.1, 0.15) is 12.5 Å². The first kappa shape index (κ1) is 17.2. The second-order valence-electron chi connectivity index (χ2n) is 4.79. The van der Waals surface area contributed by atoms with Crippen LogP contribution in [0.4, 0.5) is 0 Å². The molecule has 1 fully saturated rings. The second-order valence-corrected chi connectivity index (χ2v) is 6.46. The van der Waals surface area contributed by atoms with Crippen molar-refractivity contribution in [1.82, 2.24) is 10.2 Å². The summed E-state index contributed by atoms with van der Waals surface area (Å²) in [5.74, 6) is -2.38. The van der Waals surface area contributed by atoms with E-state index in [0.29, 0.717) is 4.91 Å². The normalized spacial score (nSPS) is 17.4. The van der Waals surface area contributed by atoms with Crippen LogP contribution in [0.25, 0.3) is 6.08 Å². The van der Waals surface area contributed by atoms with E-state index < -0.39 is 17.9 Å². The predicted molar refractivity (Wildman–Crippen MR) is 88.9 cm³/mol. The van der Waals surface area contributed by atoms with Gasteiger partial charge in [0.2, 0.25) is 5.91 Å². The van der Waals surface area contributed by atoms with Crippen molar-refractivity contribution >= 4 is 52.2 Å². The number of carboxylic acids is 1. The summed E-state index contributed by atoms with van der Waals surface area (Å²) in [5, 5.41) is 12.8. The van der Waals surface area contributed by atoms with Crippen LogP contribution >= 0.6 is 24.0 Å². The van der Waals surface area contributed by atoms with Crippen LogP contribution in [-0.4, -0.2) is 39.6 Å². The molecule has 8 heteroatoms. The van der Waals surface area contributed by atoms with Crippen LogP contribution in [0.2, 0.25) is 0 Å². The first-order valence-corrected chi connectivity index (χ1v) is 7.91. The van der Waals surface area contributed by atoms with Crippen molar-refractivity contribution < 1.29 is 19.5 Å². The number of carboxylic acid groups (broad SMARTS) is 1. The minimum absolute atomic E-state index is 0.258. The van der Waals surface area contributed by atoms with Crippen LogP contribution < -0.4 is 10.4 Å². The van der Waals surface area contributed by atoms with Gasteiger partial charge in [-0.15, -0.1) is 0 Å². The van der Waals surface area contributed by atoms with E-state index in [-0.39, 0.29) is 16.8 Å². The fourth-order valence-electron chi connectivity index (χ4n) is 1.83. The standard InChI is InChI=1S/C15H14N2O4S2/c1-9(14(20)21)16-12(18)8-17-13(19)11(23-15(17)22)7-10-5-3-2-4-6-10/h2-7,9H,8H2,1H3,(H,16,18)(H,20,21)/p-1/b11-7-/t9-/m0/s1. The minimum atomic E-state index is -1.40. The smallest absolute Gasteiger partial charge is 0.266 e. The van der Waals surface area contributed by atoms with Gasteiger partial charge in [0.05, 0.1) is 16.9 Å². The number of benzene rings is 1. The molecule has 1 heterocycles. The summed E-state index contributed by atoms with van der Waals surface area (Å²) in [6.07, 6.45) is 1.70. The highest BCUT2D eigenvalue weighted by atomic mass is 32.2. The molecule has 1 saturated heterocycles. The van der Waals surface area contributed by atoms with Crippen molar-refractivity contribution in [3.8, 4) is 0 Å². The highest BCUT2D eigenvalue weighted by Gasteiger charge is 2.33. The van der Waals surface area contributed by atoms with E-state index in [0.717, 1.165) is 22.2 Å². The number of thiocarbonyl (C=S) groups is 1. The Hall–Kier alpha value is -2.19. The molecule has 0 bridgehead atoms. The number of amides is 2. The molecule has 0 aromatic heterocycles. The molecule has 23 heavy (non-hydrogen) atoms. The highest BCUT2D eigenvalue weighted by Crippen LogP contribution is 2.32. The van der Waals surface area contributed by atoms with Crippen molar-refractivity contribution in [2.75, 3.05) is 6.54 Å². The predicted octanol–water partition coefficient (Wildman–Crippen LogP) is 0.142. The number of hydrogen-bond donors (Lipinski definition) is 1.